The van der Waals surface area contributed by atoms with E-state index in [9.17, 15) is 0 Å². The molecule has 1 aliphatic rings. The third-order valence-electron chi connectivity index (χ3n) is 2.65. The van der Waals surface area contributed by atoms with Crippen LogP contribution in [0.5, 0.6) is 0 Å². The van der Waals surface area contributed by atoms with Gasteiger partial charge in [-0.15, -0.1) is 0 Å². The van der Waals surface area contributed by atoms with Crippen LogP contribution in [0.15, 0.2) is 0 Å². The molecule has 0 aromatic carbocycles. The van der Waals surface area contributed by atoms with Gasteiger partial charge in [0.05, 0.1) is 12.1 Å². The molecule has 0 bridgehead atoms. The van der Waals surface area contributed by atoms with E-state index in [-0.39, 0.29) is 12.1 Å². The van der Waals surface area contributed by atoms with Crippen LogP contribution in [-0.4, -0.2) is 32.9 Å². The number of aromatic amines is 1. The Hall–Kier alpha value is -0.750. The molecule has 6 heteroatoms. The van der Waals surface area contributed by atoms with Crippen molar-refractivity contribution >= 4 is 12.2 Å². The number of hydrogen-bond acceptors (Lipinski definition) is 4. The van der Waals surface area contributed by atoms with Gasteiger partial charge in [0, 0.05) is 6.61 Å². The monoisotopic (exact) mass is 214 g/mol. The third-order valence-corrected chi connectivity index (χ3v) is 2.93. The van der Waals surface area contributed by atoms with Gasteiger partial charge in [-0.25, -0.2) is 4.68 Å². The maximum atomic E-state index is 5.68. The zero-order valence-corrected chi connectivity index (χ0v) is 8.96. The van der Waals surface area contributed by atoms with Gasteiger partial charge in [-0.2, -0.15) is 5.21 Å². The quantitative estimate of drug-likeness (QED) is 0.757. The minimum atomic E-state index is 0.192. The fourth-order valence-corrected chi connectivity index (χ4v) is 2.03. The predicted octanol–water partition coefficient (Wildman–Crippen LogP) is 1.47. The molecule has 1 N–H and O–H groups in total. The second kappa shape index (κ2) is 4.18. The van der Waals surface area contributed by atoms with Gasteiger partial charge >= 0.3 is 0 Å². The predicted molar refractivity (Wildman–Crippen MR) is 53.5 cm³/mol. The zero-order valence-electron chi connectivity index (χ0n) is 8.14. The van der Waals surface area contributed by atoms with E-state index < -0.39 is 0 Å². The number of tetrazole rings is 1. The van der Waals surface area contributed by atoms with Crippen LogP contribution in [0.1, 0.15) is 32.2 Å². The van der Waals surface area contributed by atoms with Crippen LogP contribution in [0.3, 0.4) is 0 Å². The Balaban J connectivity index is 2.11. The van der Waals surface area contributed by atoms with Crippen LogP contribution in [0.4, 0.5) is 0 Å². The Bertz CT molecular complexity index is 341. The van der Waals surface area contributed by atoms with Crippen molar-refractivity contribution in [2.45, 2.75) is 38.3 Å². The molecule has 1 aliphatic heterocycles. The van der Waals surface area contributed by atoms with Crippen LogP contribution in [-0.2, 0) is 4.74 Å². The number of ether oxygens (including phenoxy) is 1. The van der Waals surface area contributed by atoms with E-state index in [0.717, 1.165) is 19.4 Å². The summed E-state index contributed by atoms with van der Waals surface area (Å²) in [7, 11) is 0. The first kappa shape index (κ1) is 9.79. The van der Waals surface area contributed by atoms with Gasteiger partial charge < -0.3 is 4.74 Å². The average molecular weight is 214 g/mol. The summed E-state index contributed by atoms with van der Waals surface area (Å²) >= 11 is 5.03. The topological polar surface area (TPSA) is 55.7 Å². The fraction of sp³-hybridized carbons (Fsp3) is 0.875. The van der Waals surface area contributed by atoms with Crippen molar-refractivity contribution in [2.24, 2.45) is 0 Å². The highest BCUT2D eigenvalue weighted by atomic mass is 32.1. The number of aromatic nitrogens is 4. The molecule has 2 heterocycles. The second-order valence-corrected chi connectivity index (χ2v) is 3.96. The molecule has 0 radical (unpaired) electrons. The molecule has 78 valence electrons. The lowest BCUT2D eigenvalue weighted by molar-refractivity contribution is -0.0157. The van der Waals surface area contributed by atoms with E-state index in [1.165, 1.54) is 6.42 Å². The molecule has 0 spiro atoms. The van der Waals surface area contributed by atoms with Gasteiger partial charge in [0.2, 0.25) is 4.77 Å². The van der Waals surface area contributed by atoms with Crippen molar-refractivity contribution in [3.63, 3.8) is 0 Å². The Kier molecular flexibility index (Phi) is 2.93. The molecule has 2 atom stereocenters. The number of hydrogen-bond donors (Lipinski definition) is 1. The van der Waals surface area contributed by atoms with Crippen LogP contribution < -0.4 is 0 Å². The highest BCUT2D eigenvalue weighted by Gasteiger charge is 2.23. The maximum absolute atomic E-state index is 5.68. The van der Waals surface area contributed by atoms with Crippen LogP contribution in [0.2, 0.25) is 0 Å². The second-order valence-electron chi connectivity index (χ2n) is 3.60. The molecule has 1 fully saturated rings. The third kappa shape index (κ3) is 1.85. The van der Waals surface area contributed by atoms with Crippen molar-refractivity contribution in [2.75, 3.05) is 6.61 Å². The smallest absolute Gasteiger partial charge is 0.238 e. The van der Waals surface area contributed by atoms with E-state index in [1.807, 2.05) is 0 Å². The first-order valence-electron chi connectivity index (χ1n) is 4.90. The summed E-state index contributed by atoms with van der Waals surface area (Å²) in [5.41, 5.74) is 0. The van der Waals surface area contributed by atoms with E-state index in [1.54, 1.807) is 4.68 Å². The van der Waals surface area contributed by atoms with Crippen LogP contribution >= 0.6 is 12.2 Å². The van der Waals surface area contributed by atoms with Gasteiger partial charge in [0.1, 0.15) is 0 Å². The summed E-state index contributed by atoms with van der Waals surface area (Å²) in [6, 6.07) is 0.192. The summed E-state index contributed by atoms with van der Waals surface area (Å²) in [5.74, 6) is 0. The molecule has 0 saturated carbocycles. The summed E-state index contributed by atoms with van der Waals surface area (Å²) in [4.78, 5) is 0. The molecular formula is C8H14N4OS. The molecule has 1 saturated heterocycles. The normalized spacial score (nSPS) is 24.8. The average Bonchev–Trinajstić information content (AvgIpc) is 2.65. The van der Waals surface area contributed by atoms with E-state index in [0.29, 0.717) is 4.77 Å². The highest BCUT2D eigenvalue weighted by molar-refractivity contribution is 7.71. The van der Waals surface area contributed by atoms with E-state index in [4.69, 9.17) is 17.0 Å². The number of H-pyrrole nitrogens is 1. The highest BCUT2D eigenvalue weighted by Crippen LogP contribution is 2.22. The van der Waals surface area contributed by atoms with Crippen molar-refractivity contribution in [1.29, 1.82) is 0 Å². The molecule has 14 heavy (non-hydrogen) atoms. The van der Waals surface area contributed by atoms with Crippen molar-refractivity contribution in [3.05, 3.63) is 4.77 Å². The summed E-state index contributed by atoms with van der Waals surface area (Å²) < 4.78 is 7.95. The Morgan fingerprint density at radius 3 is 3.07 bits per heavy atom. The largest absolute Gasteiger partial charge is 0.376 e. The lowest BCUT2D eigenvalue weighted by Crippen LogP contribution is -2.29. The number of nitrogens with zero attached hydrogens (tertiary/aromatic N) is 3. The summed E-state index contributed by atoms with van der Waals surface area (Å²) in [6.45, 7) is 2.93. The van der Waals surface area contributed by atoms with Crippen LogP contribution in [0, 0.1) is 4.77 Å². The van der Waals surface area contributed by atoms with Gasteiger partial charge in [-0.1, -0.05) is 10.3 Å². The number of rotatable bonds is 2. The van der Waals surface area contributed by atoms with Gasteiger partial charge in [0.15, 0.2) is 0 Å². The van der Waals surface area contributed by atoms with Gasteiger partial charge in [0.25, 0.3) is 0 Å². The molecule has 1 aromatic heterocycles. The molecule has 1 aromatic rings. The van der Waals surface area contributed by atoms with Gasteiger partial charge in [-0.05, 0) is 38.4 Å². The minimum Gasteiger partial charge on any atom is -0.376 e. The molecule has 0 amide bonds. The fourth-order valence-electron chi connectivity index (χ4n) is 1.78. The van der Waals surface area contributed by atoms with E-state index in [2.05, 4.69) is 22.4 Å². The number of nitrogens with one attached hydrogen (secondary N) is 1. The first-order chi connectivity index (χ1) is 6.79. The SMILES string of the molecule is CC(C1CCCCO1)n1[nH]nnc1=S. The van der Waals surface area contributed by atoms with Crippen molar-refractivity contribution < 1.29 is 4.74 Å². The van der Waals surface area contributed by atoms with Crippen molar-refractivity contribution in [3.8, 4) is 0 Å². The minimum absolute atomic E-state index is 0.192. The molecular weight excluding hydrogens is 200 g/mol. The molecule has 2 unspecified atom stereocenters. The molecule has 0 aliphatic carbocycles. The van der Waals surface area contributed by atoms with E-state index >= 15 is 0 Å². The van der Waals surface area contributed by atoms with Crippen molar-refractivity contribution in [1.82, 2.24) is 20.2 Å². The maximum Gasteiger partial charge on any atom is 0.238 e. The Labute approximate surface area is 87.4 Å². The summed E-state index contributed by atoms with van der Waals surface area (Å²) in [6.07, 6.45) is 3.71. The standard InChI is InChI=1S/C8H14N4OS/c1-6(7-4-2-3-5-13-7)12-8(14)9-10-11-12/h6-7H,2-5H2,1H3,(H,9,11,14). The first-order valence-corrected chi connectivity index (χ1v) is 5.31. The van der Waals surface area contributed by atoms with Crippen LogP contribution in [0.25, 0.3) is 0 Å². The zero-order chi connectivity index (χ0) is 9.97. The summed E-state index contributed by atoms with van der Waals surface area (Å²) in [5, 5.41) is 10.2. The Morgan fingerprint density at radius 2 is 2.50 bits per heavy atom. The lowest BCUT2D eigenvalue weighted by Gasteiger charge is -2.27. The molecule has 5 nitrogen and oxygen atoms in total. The Morgan fingerprint density at radius 1 is 1.64 bits per heavy atom. The van der Waals surface area contributed by atoms with Gasteiger partial charge in [-0.3, -0.25) is 0 Å². The lowest BCUT2D eigenvalue weighted by atomic mass is 10.0. The molecule has 2 rings (SSSR count).